The molecule has 0 bridgehead atoms. The summed E-state index contributed by atoms with van der Waals surface area (Å²) in [7, 11) is 0. The fourth-order valence-electron chi connectivity index (χ4n) is 2.29. The minimum absolute atomic E-state index is 0.0945. The summed E-state index contributed by atoms with van der Waals surface area (Å²) >= 11 is 0. The van der Waals surface area contributed by atoms with Crippen LogP contribution in [0, 0.1) is 23.3 Å². The van der Waals surface area contributed by atoms with E-state index in [4.69, 9.17) is 0 Å². The first-order valence-electron chi connectivity index (χ1n) is 6.72. The molecule has 5 heteroatoms. The molecule has 1 fully saturated rings. The lowest BCUT2D eigenvalue weighted by atomic mass is 10.1. The van der Waals surface area contributed by atoms with Gasteiger partial charge >= 0.3 is 0 Å². The number of benzene rings is 2. The van der Waals surface area contributed by atoms with Crippen molar-refractivity contribution in [2.75, 3.05) is 5.32 Å². The first-order valence-corrected chi connectivity index (χ1v) is 6.72. The van der Waals surface area contributed by atoms with Crippen LogP contribution in [-0.2, 0) is 6.54 Å². The maximum absolute atomic E-state index is 13.5. The lowest BCUT2D eigenvalue weighted by Gasteiger charge is -2.11. The molecular weight excluding hydrogens is 282 g/mol. The second-order valence-corrected chi connectivity index (χ2v) is 5.22. The molecule has 0 aromatic heterocycles. The highest BCUT2D eigenvalue weighted by molar-refractivity contribution is 5.48. The Bertz CT molecular complexity index is 654. The molecule has 1 nitrogen and oxygen atoms in total. The number of hydrogen-bond donors (Lipinski definition) is 1. The van der Waals surface area contributed by atoms with Gasteiger partial charge in [0.25, 0.3) is 0 Å². The van der Waals surface area contributed by atoms with E-state index in [1.807, 2.05) is 18.2 Å². The number of rotatable bonds is 4. The minimum atomic E-state index is -1.41. The van der Waals surface area contributed by atoms with E-state index in [0.717, 1.165) is 18.4 Å². The highest BCUT2D eigenvalue weighted by Gasteiger charge is 2.23. The zero-order chi connectivity index (χ0) is 15.0. The maximum atomic E-state index is 13.5. The standard InChI is InChI=1S/C16H13F4N/c17-12-7-13(18)15(20)16(14(12)19)21-8-9-2-1-3-11(6-9)10-4-5-10/h1-3,6-7,10,21H,4-5,8H2. The zero-order valence-corrected chi connectivity index (χ0v) is 11.1. The molecular formula is C16H13F4N. The van der Waals surface area contributed by atoms with Gasteiger partial charge in [-0.2, -0.15) is 0 Å². The highest BCUT2D eigenvalue weighted by Crippen LogP contribution is 2.40. The van der Waals surface area contributed by atoms with E-state index in [9.17, 15) is 17.6 Å². The van der Waals surface area contributed by atoms with Gasteiger partial charge < -0.3 is 5.32 Å². The summed E-state index contributed by atoms with van der Waals surface area (Å²) in [5, 5.41) is 2.44. The molecule has 1 aliphatic rings. The highest BCUT2D eigenvalue weighted by atomic mass is 19.2. The molecule has 0 spiro atoms. The van der Waals surface area contributed by atoms with Crippen molar-refractivity contribution < 1.29 is 17.6 Å². The van der Waals surface area contributed by atoms with E-state index in [0.29, 0.717) is 5.92 Å². The van der Waals surface area contributed by atoms with Crippen LogP contribution in [0.2, 0.25) is 0 Å². The monoisotopic (exact) mass is 295 g/mol. The molecule has 21 heavy (non-hydrogen) atoms. The molecule has 0 saturated heterocycles. The molecule has 2 aromatic rings. The summed E-state index contributed by atoms with van der Waals surface area (Å²) in [5.74, 6) is -5.09. The van der Waals surface area contributed by atoms with Crippen molar-refractivity contribution in [3.05, 3.63) is 64.7 Å². The SMILES string of the molecule is Fc1cc(F)c(F)c(NCc2cccc(C3CC3)c2)c1F. The molecule has 1 aliphatic carbocycles. The van der Waals surface area contributed by atoms with Crippen molar-refractivity contribution in [1.29, 1.82) is 0 Å². The molecule has 0 aliphatic heterocycles. The first-order chi connectivity index (χ1) is 10.1. The van der Waals surface area contributed by atoms with Crippen molar-refractivity contribution in [2.24, 2.45) is 0 Å². The van der Waals surface area contributed by atoms with E-state index < -0.39 is 29.0 Å². The molecule has 0 unspecified atom stereocenters. The molecule has 2 aromatic carbocycles. The van der Waals surface area contributed by atoms with Crippen molar-refractivity contribution in [3.8, 4) is 0 Å². The summed E-state index contributed by atoms with van der Waals surface area (Å²) in [4.78, 5) is 0. The molecule has 0 atom stereocenters. The third-order valence-corrected chi connectivity index (χ3v) is 3.58. The Morgan fingerprint density at radius 1 is 0.952 bits per heavy atom. The van der Waals surface area contributed by atoms with E-state index in [2.05, 4.69) is 5.32 Å². The van der Waals surface area contributed by atoms with Crippen LogP contribution in [0.1, 0.15) is 29.9 Å². The van der Waals surface area contributed by atoms with Crippen molar-refractivity contribution in [3.63, 3.8) is 0 Å². The lowest BCUT2D eigenvalue weighted by Crippen LogP contribution is -2.07. The fraction of sp³-hybridized carbons (Fsp3) is 0.250. The van der Waals surface area contributed by atoms with E-state index in [1.54, 1.807) is 6.07 Å². The Kier molecular flexibility index (Phi) is 3.57. The predicted octanol–water partition coefficient (Wildman–Crippen LogP) is 4.73. The van der Waals surface area contributed by atoms with Crippen LogP contribution >= 0.6 is 0 Å². The number of halogens is 4. The van der Waals surface area contributed by atoms with Crippen LogP contribution in [0.3, 0.4) is 0 Å². The van der Waals surface area contributed by atoms with Crippen LogP contribution in [0.5, 0.6) is 0 Å². The van der Waals surface area contributed by atoms with Crippen molar-refractivity contribution in [1.82, 2.24) is 0 Å². The van der Waals surface area contributed by atoms with E-state index in [1.165, 1.54) is 5.56 Å². The summed E-state index contributed by atoms with van der Waals surface area (Å²) in [5.41, 5.74) is 1.22. The molecule has 0 radical (unpaired) electrons. The third kappa shape index (κ3) is 2.86. The Hall–Kier alpha value is -2.04. The van der Waals surface area contributed by atoms with Gasteiger partial charge in [-0.15, -0.1) is 0 Å². The average molecular weight is 295 g/mol. The average Bonchev–Trinajstić information content (AvgIpc) is 3.30. The van der Waals surface area contributed by atoms with Gasteiger partial charge in [0.1, 0.15) is 5.69 Å². The molecule has 3 rings (SSSR count). The summed E-state index contributed by atoms with van der Waals surface area (Å²) in [6, 6.07) is 7.80. The van der Waals surface area contributed by atoms with Gasteiger partial charge in [0, 0.05) is 12.6 Å². The quantitative estimate of drug-likeness (QED) is 0.635. The molecule has 0 heterocycles. The topological polar surface area (TPSA) is 12.0 Å². The summed E-state index contributed by atoms with van der Waals surface area (Å²) in [6.07, 6.45) is 2.30. The fourth-order valence-corrected chi connectivity index (χ4v) is 2.29. The Morgan fingerprint density at radius 2 is 1.62 bits per heavy atom. The Balaban J connectivity index is 1.80. The van der Waals surface area contributed by atoms with Crippen LogP contribution in [0.25, 0.3) is 0 Å². The van der Waals surface area contributed by atoms with Crippen LogP contribution in [-0.4, -0.2) is 0 Å². The molecule has 0 amide bonds. The smallest absolute Gasteiger partial charge is 0.185 e. The van der Waals surface area contributed by atoms with Gasteiger partial charge in [-0.3, -0.25) is 0 Å². The molecule has 110 valence electrons. The van der Waals surface area contributed by atoms with Gasteiger partial charge in [-0.25, -0.2) is 17.6 Å². The minimum Gasteiger partial charge on any atom is -0.376 e. The van der Waals surface area contributed by atoms with E-state index in [-0.39, 0.29) is 12.6 Å². The van der Waals surface area contributed by atoms with Gasteiger partial charge in [-0.1, -0.05) is 24.3 Å². The number of hydrogen-bond acceptors (Lipinski definition) is 1. The van der Waals surface area contributed by atoms with E-state index >= 15 is 0 Å². The maximum Gasteiger partial charge on any atom is 0.185 e. The van der Waals surface area contributed by atoms with Gasteiger partial charge in [0.15, 0.2) is 23.3 Å². The molecule has 1 N–H and O–H groups in total. The van der Waals surface area contributed by atoms with Crippen LogP contribution in [0.4, 0.5) is 23.2 Å². The number of nitrogens with one attached hydrogen (secondary N) is 1. The molecule has 1 saturated carbocycles. The normalized spacial score (nSPS) is 14.3. The van der Waals surface area contributed by atoms with Gasteiger partial charge in [0.05, 0.1) is 0 Å². The largest absolute Gasteiger partial charge is 0.376 e. The first kappa shape index (κ1) is 13.9. The Morgan fingerprint density at radius 3 is 2.24 bits per heavy atom. The second-order valence-electron chi connectivity index (χ2n) is 5.22. The number of anilines is 1. The predicted molar refractivity (Wildman–Crippen MR) is 72.0 cm³/mol. The Labute approximate surface area is 119 Å². The van der Waals surface area contributed by atoms with Gasteiger partial charge in [0.2, 0.25) is 0 Å². The van der Waals surface area contributed by atoms with Gasteiger partial charge in [-0.05, 0) is 29.9 Å². The summed E-state index contributed by atoms with van der Waals surface area (Å²) in [6.45, 7) is 0.0945. The zero-order valence-electron chi connectivity index (χ0n) is 11.1. The van der Waals surface area contributed by atoms with Crippen LogP contribution in [0.15, 0.2) is 30.3 Å². The van der Waals surface area contributed by atoms with Crippen molar-refractivity contribution in [2.45, 2.75) is 25.3 Å². The second kappa shape index (κ2) is 5.39. The summed E-state index contributed by atoms with van der Waals surface area (Å²) < 4.78 is 53.2. The van der Waals surface area contributed by atoms with Crippen molar-refractivity contribution >= 4 is 5.69 Å². The third-order valence-electron chi connectivity index (χ3n) is 3.58. The van der Waals surface area contributed by atoms with Crippen LogP contribution < -0.4 is 5.32 Å². The lowest BCUT2D eigenvalue weighted by molar-refractivity contribution is 0.458.